The molecule has 0 unspecified atom stereocenters. The second-order valence-electron chi connectivity index (χ2n) is 3.35. The molecule has 1 fully saturated rings. The summed E-state index contributed by atoms with van der Waals surface area (Å²) in [6.07, 6.45) is 3.14. The lowest BCUT2D eigenvalue weighted by Gasteiger charge is -2.33. The van der Waals surface area contributed by atoms with Gasteiger partial charge in [-0.1, -0.05) is 6.92 Å². The molecule has 0 bridgehead atoms. The van der Waals surface area contributed by atoms with Crippen LogP contribution in [0.15, 0.2) is 0 Å². The van der Waals surface area contributed by atoms with Crippen molar-refractivity contribution < 1.29 is 9.59 Å². The Morgan fingerprint density at radius 1 is 1.46 bits per heavy atom. The van der Waals surface area contributed by atoms with Gasteiger partial charge in [0.15, 0.2) is 0 Å². The highest BCUT2D eigenvalue weighted by atomic mass is 16.2. The number of hydrogen-bond acceptors (Lipinski definition) is 2. The third-order valence-corrected chi connectivity index (χ3v) is 2.45. The zero-order valence-corrected chi connectivity index (χ0v) is 7.95. The molecular weight excluding hydrogens is 168 g/mol. The Morgan fingerprint density at radius 2 is 2.15 bits per heavy atom. The van der Waals surface area contributed by atoms with Crippen LogP contribution in [0.5, 0.6) is 0 Å². The van der Waals surface area contributed by atoms with Crippen LogP contribution < -0.4 is 5.73 Å². The van der Waals surface area contributed by atoms with E-state index in [1.165, 1.54) is 0 Å². The number of hydrogen-bond donors (Lipinski definition) is 1. The molecular formula is C9H16N2O2. The van der Waals surface area contributed by atoms with Gasteiger partial charge in [0.05, 0.1) is 0 Å². The fraction of sp³-hybridized carbons (Fsp3) is 0.778. The summed E-state index contributed by atoms with van der Waals surface area (Å²) in [4.78, 5) is 24.0. The first kappa shape index (κ1) is 10.0. The van der Waals surface area contributed by atoms with Crippen LogP contribution in [0.4, 0.5) is 0 Å². The number of primary amides is 1. The molecule has 1 atom stereocenters. The maximum atomic E-state index is 11.4. The quantitative estimate of drug-likeness (QED) is 0.669. The van der Waals surface area contributed by atoms with Crippen LogP contribution in [-0.2, 0) is 9.59 Å². The lowest BCUT2D eigenvalue weighted by atomic mass is 10.0. The maximum absolute atomic E-state index is 11.4. The van der Waals surface area contributed by atoms with Crippen molar-refractivity contribution in [1.82, 2.24) is 4.90 Å². The fourth-order valence-corrected chi connectivity index (χ4v) is 1.73. The van der Waals surface area contributed by atoms with Crippen LogP contribution in [-0.4, -0.2) is 29.3 Å². The molecule has 0 aliphatic carbocycles. The van der Waals surface area contributed by atoms with E-state index in [2.05, 4.69) is 0 Å². The van der Waals surface area contributed by atoms with Crippen molar-refractivity contribution in [2.45, 2.75) is 38.6 Å². The van der Waals surface area contributed by atoms with Gasteiger partial charge in [0.2, 0.25) is 11.8 Å². The van der Waals surface area contributed by atoms with E-state index in [0.717, 1.165) is 19.3 Å². The van der Waals surface area contributed by atoms with E-state index in [-0.39, 0.29) is 17.9 Å². The molecule has 4 nitrogen and oxygen atoms in total. The number of amides is 2. The van der Waals surface area contributed by atoms with Gasteiger partial charge in [0, 0.05) is 13.0 Å². The van der Waals surface area contributed by atoms with Crippen molar-refractivity contribution in [2.24, 2.45) is 5.73 Å². The number of carbonyl (C=O) groups is 2. The normalized spacial score (nSPS) is 22.8. The zero-order chi connectivity index (χ0) is 9.84. The highest BCUT2D eigenvalue weighted by molar-refractivity contribution is 5.86. The van der Waals surface area contributed by atoms with Gasteiger partial charge in [0.1, 0.15) is 6.04 Å². The SMILES string of the molecule is CCC(=O)N1CCCC[C@@H]1C(N)=O. The number of carbonyl (C=O) groups excluding carboxylic acids is 2. The summed E-state index contributed by atoms with van der Waals surface area (Å²) in [5, 5.41) is 0. The van der Waals surface area contributed by atoms with Crippen LogP contribution in [0.25, 0.3) is 0 Å². The highest BCUT2D eigenvalue weighted by Crippen LogP contribution is 2.17. The third-order valence-electron chi connectivity index (χ3n) is 2.45. The van der Waals surface area contributed by atoms with Gasteiger partial charge in [0.25, 0.3) is 0 Å². The molecule has 1 aliphatic rings. The van der Waals surface area contributed by atoms with Gasteiger partial charge in [-0.15, -0.1) is 0 Å². The first-order valence-corrected chi connectivity index (χ1v) is 4.75. The molecule has 1 rings (SSSR count). The topological polar surface area (TPSA) is 63.4 Å². The number of nitrogens with two attached hydrogens (primary N) is 1. The summed E-state index contributed by atoms with van der Waals surface area (Å²) in [6, 6.07) is -0.360. The van der Waals surface area contributed by atoms with Crippen molar-refractivity contribution >= 4 is 11.8 Å². The lowest BCUT2D eigenvalue weighted by Crippen LogP contribution is -2.50. The molecule has 0 aromatic carbocycles. The molecule has 0 radical (unpaired) electrons. The Labute approximate surface area is 78.1 Å². The Bertz CT molecular complexity index is 216. The van der Waals surface area contributed by atoms with E-state index < -0.39 is 0 Å². The van der Waals surface area contributed by atoms with Gasteiger partial charge in [-0.3, -0.25) is 9.59 Å². The number of rotatable bonds is 2. The first-order valence-electron chi connectivity index (χ1n) is 4.75. The van der Waals surface area contributed by atoms with Crippen LogP contribution in [0.2, 0.25) is 0 Å². The van der Waals surface area contributed by atoms with Crippen LogP contribution in [0, 0.1) is 0 Å². The predicted molar refractivity (Wildman–Crippen MR) is 48.8 cm³/mol. The Morgan fingerprint density at radius 3 is 2.69 bits per heavy atom. The molecule has 0 spiro atoms. The molecule has 0 aromatic rings. The Hall–Kier alpha value is -1.06. The summed E-state index contributed by atoms with van der Waals surface area (Å²) in [5.41, 5.74) is 5.22. The summed E-state index contributed by atoms with van der Waals surface area (Å²) in [6.45, 7) is 2.48. The van der Waals surface area contributed by atoms with E-state index >= 15 is 0 Å². The van der Waals surface area contributed by atoms with E-state index in [1.54, 1.807) is 11.8 Å². The average Bonchev–Trinajstić information content (AvgIpc) is 2.16. The van der Waals surface area contributed by atoms with Crippen LogP contribution in [0.3, 0.4) is 0 Å². The molecule has 74 valence electrons. The molecule has 1 aliphatic heterocycles. The molecule has 2 amide bonds. The number of likely N-dealkylation sites (tertiary alicyclic amines) is 1. The van der Waals surface area contributed by atoms with Crippen molar-refractivity contribution in [3.05, 3.63) is 0 Å². The predicted octanol–water partition coefficient (Wildman–Crippen LogP) is 0.263. The number of piperidine rings is 1. The Kier molecular flexibility index (Phi) is 3.28. The van der Waals surface area contributed by atoms with E-state index in [9.17, 15) is 9.59 Å². The zero-order valence-electron chi connectivity index (χ0n) is 7.95. The van der Waals surface area contributed by atoms with Gasteiger partial charge in [-0.2, -0.15) is 0 Å². The molecule has 1 saturated heterocycles. The third kappa shape index (κ3) is 2.20. The van der Waals surface area contributed by atoms with Gasteiger partial charge < -0.3 is 10.6 Å². The summed E-state index contributed by atoms with van der Waals surface area (Å²) >= 11 is 0. The molecule has 13 heavy (non-hydrogen) atoms. The monoisotopic (exact) mass is 184 g/mol. The first-order chi connectivity index (χ1) is 6.16. The van der Waals surface area contributed by atoms with Gasteiger partial charge in [-0.25, -0.2) is 0 Å². The summed E-state index contributed by atoms with van der Waals surface area (Å²) in [7, 11) is 0. The van der Waals surface area contributed by atoms with Crippen LogP contribution in [0.1, 0.15) is 32.6 Å². The molecule has 0 saturated carbocycles. The molecule has 4 heteroatoms. The van der Waals surface area contributed by atoms with E-state index in [4.69, 9.17) is 5.73 Å². The van der Waals surface area contributed by atoms with Gasteiger partial charge in [-0.05, 0) is 19.3 Å². The smallest absolute Gasteiger partial charge is 0.240 e. The molecule has 1 heterocycles. The van der Waals surface area contributed by atoms with Crippen LogP contribution >= 0.6 is 0 Å². The fourth-order valence-electron chi connectivity index (χ4n) is 1.73. The van der Waals surface area contributed by atoms with Crippen molar-refractivity contribution in [1.29, 1.82) is 0 Å². The minimum absolute atomic E-state index is 0.0310. The maximum Gasteiger partial charge on any atom is 0.240 e. The largest absolute Gasteiger partial charge is 0.368 e. The summed E-state index contributed by atoms with van der Waals surface area (Å²) < 4.78 is 0. The molecule has 0 aromatic heterocycles. The minimum atomic E-state index is -0.374. The minimum Gasteiger partial charge on any atom is -0.368 e. The lowest BCUT2D eigenvalue weighted by molar-refractivity contribution is -0.140. The van der Waals surface area contributed by atoms with E-state index in [1.807, 2.05) is 0 Å². The standard InChI is InChI=1S/C9H16N2O2/c1-2-8(12)11-6-4-3-5-7(11)9(10)13/h7H,2-6H2,1H3,(H2,10,13)/t7-/m1/s1. The summed E-state index contributed by atoms with van der Waals surface area (Å²) in [5.74, 6) is -0.343. The van der Waals surface area contributed by atoms with Crippen molar-refractivity contribution in [3.8, 4) is 0 Å². The number of nitrogens with zero attached hydrogens (tertiary/aromatic N) is 1. The van der Waals surface area contributed by atoms with Crippen molar-refractivity contribution in [3.63, 3.8) is 0 Å². The van der Waals surface area contributed by atoms with Crippen molar-refractivity contribution in [2.75, 3.05) is 6.54 Å². The second-order valence-corrected chi connectivity index (χ2v) is 3.35. The second kappa shape index (κ2) is 4.25. The van der Waals surface area contributed by atoms with Gasteiger partial charge >= 0.3 is 0 Å². The molecule has 2 N–H and O–H groups in total. The average molecular weight is 184 g/mol. The van der Waals surface area contributed by atoms with E-state index in [0.29, 0.717) is 13.0 Å². The highest BCUT2D eigenvalue weighted by Gasteiger charge is 2.29. The Balaban J connectivity index is 2.67.